The number of benzene rings is 2. The van der Waals surface area contributed by atoms with Crippen LogP contribution in [0.5, 0.6) is 0 Å². The van der Waals surface area contributed by atoms with Gasteiger partial charge in [-0.2, -0.15) is 10.2 Å². The van der Waals surface area contributed by atoms with Crippen molar-refractivity contribution < 1.29 is 8.78 Å². The molecule has 2 rings (SSSR count). The fourth-order valence-corrected chi connectivity index (χ4v) is 1.85. The van der Waals surface area contributed by atoms with Crippen LogP contribution in [-0.2, 0) is 6.42 Å². The predicted octanol–water partition coefficient (Wildman–Crippen LogP) is 4.37. The van der Waals surface area contributed by atoms with Crippen molar-refractivity contribution in [3.05, 3.63) is 70.8 Å². The van der Waals surface area contributed by atoms with E-state index in [-0.39, 0.29) is 0 Å². The van der Waals surface area contributed by atoms with E-state index >= 15 is 0 Å². The van der Waals surface area contributed by atoms with Gasteiger partial charge in [-0.05, 0) is 35.2 Å². The van der Waals surface area contributed by atoms with E-state index in [1.807, 2.05) is 12.1 Å². The van der Waals surface area contributed by atoms with Crippen LogP contribution < -0.4 is 0 Å². The van der Waals surface area contributed by atoms with Crippen LogP contribution in [0.15, 0.2) is 52.7 Å². The highest BCUT2D eigenvalue weighted by Gasteiger charge is 1.99. The van der Waals surface area contributed by atoms with Gasteiger partial charge in [0.25, 0.3) is 0 Å². The molecule has 108 valence electrons. The van der Waals surface area contributed by atoms with Crippen molar-refractivity contribution in [2.45, 2.75) is 19.8 Å². The summed E-state index contributed by atoms with van der Waals surface area (Å²) in [5, 5.41) is 7.71. The molecule has 0 saturated carbocycles. The topological polar surface area (TPSA) is 24.7 Å². The van der Waals surface area contributed by atoms with Crippen molar-refractivity contribution in [1.29, 1.82) is 0 Å². The number of nitrogens with zero attached hydrogens (tertiary/aromatic N) is 2. The smallest absolute Gasteiger partial charge is 0.159 e. The quantitative estimate of drug-likeness (QED) is 0.576. The molecule has 0 aliphatic carbocycles. The number of aryl methyl sites for hydroxylation is 1. The third kappa shape index (κ3) is 4.60. The molecule has 21 heavy (non-hydrogen) atoms. The van der Waals surface area contributed by atoms with Crippen molar-refractivity contribution in [2.24, 2.45) is 10.2 Å². The maximum absolute atomic E-state index is 13.0. The first kappa shape index (κ1) is 15.0. The molecule has 0 radical (unpaired) electrons. The average molecular weight is 286 g/mol. The summed E-state index contributed by atoms with van der Waals surface area (Å²) in [6, 6.07) is 11.6. The summed E-state index contributed by atoms with van der Waals surface area (Å²) >= 11 is 0. The standard InChI is InChI=1S/C17H16F2N2/c1-2-3-13-4-6-14(7-5-13)11-20-21-12-15-8-9-16(18)17(19)10-15/h4-12H,2-3H2,1H3/b20-11+,21-12+. The predicted molar refractivity (Wildman–Crippen MR) is 82.0 cm³/mol. The maximum atomic E-state index is 13.0. The minimum Gasteiger partial charge on any atom is -0.204 e. The van der Waals surface area contributed by atoms with Crippen molar-refractivity contribution >= 4 is 12.4 Å². The summed E-state index contributed by atoms with van der Waals surface area (Å²) in [6.07, 6.45) is 5.17. The highest BCUT2D eigenvalue weighted by atomic mass is 19.2. The molecule has 0 aliphatic rings. The lowest BCUT2D eigenvalue weighted by molar-refractivity contribution is 0.508. The van der Waals surface area contributed by atoms with E-state index in [1.54, 1.807) is 6.21 Å². The highest BCUT2D eigenvalue weighted by molar-refractivity contribution is 5.82. The molecule has 4 heteroatoms. The van der Waals surface area contributed by atoms with E-state index in [0.717, 1.165) is 30.5 Å². The summed E-state index contributed by atoms with van der Waals surface area (Å²) in [4.78, 5) is 0. The Morgan fingerprint density at radius 2 is 1.48 bits per heavy atom. The van der Waals surface area contributed by atoms with Gasteiger partial charge in [0.2, 0.25) is 0 Å². The van der Waals surface area contributed by atoms with E-state index in [9.17, 15) is 8.78 Å². The Morgan fingerprint density at radius 3 is 2.10 bits per heavy atom. The van der Waals surface area contributed by atoms with Gasteiger partial charge in [0.15, 0.2) is 11.6 Å². The van der Waals surface area contributed by atoms with Gasteiger partial charge in [0.1, 0.15) is 0 Å². The SMILES string of the molecule is CCCc1ccc(/C=N/N=C/c2ccc(F)c(F)c2)cc1. The van der Waals surface area contributed by atoms with Crippen molar-refractivity contribution in [3.63, 3.8) is 0 Å². The highest BCUT2D eigenvalue weighted by Crippen LogP contribution is 2.07. The van der Waals surface area contributed by atoms with Crippen LogP contribution >= 0.6 is 0 Å². The third-order valence-corrected chi connectivity index (χ3v) is 2.94. The zero-order valence-electron chi connectivity index (χ0n) is 11.8. The van der Waals surface area contributed by atoms with Gasteiger partial charge in [-0.3, -0.25) is 0 Å². The van der Waals surface area contributed by atoms with Crippen LogP contribution in [0.1, 0.15) is 30.0 Å². The second-order valence-corrected chi connectivity index (χ2v) is 4.65. The molecule has 0 fully saturated rings. The normalized spacial score (nSPS) is 11.6. The number of halogens is 2. The van der Waals surface area contributed by atoms with E-state index in [2.05, 4.69) is 29.3 Å². The van der Waals surface area contributed by atoms with E-state index in [1.165, 1.54) is 17.8 Å². The van der Waals surface area contributed by atoms with Gasteiger partial charge >= 0.3 is 0 Å². The van der Waals surface area contributed by atoms with Gasteiger partial charge in [0.05, 0.1) is 12.4 Å². The molecule has 0 aromatic heterocycles. The Hall–Kier alpha value is -2.36. The van der Waals surface area contributed by atoms with Gasteiger partial charge in [-0.25, -0.2) is 8.78 Å². The molecule has 0 aliphatic heterocycles. The van der Waals surface area contributed by atoms with Crippen molar-refractivity contribution in [3.8, 4) is 0 Å². The van der Waals surface area contributed by atoms with Crippen LogP contribution in [-0.4, -0.2) is 12.4 Å². The second kappa shape index (κ2) is 7.43. The monoisotopic (exact) mass is 286 g/mol. The fourth-order valence-electron chi connectivity index (χ4n) is 1.85. The molecule has 0 amide bonds. The maximum Gasteiger partial charge on any atom is 0.159 e. The molecule has 0 saturated heterocycles. The lowest BCUT2D eigenvalue weighted by atomic mass is 10.1. The summed E-state index contributed by atoms with van der Waals surface area (Å²) < 4.78 is 25.7. The van der Waals surface area contributed by atoms with Crippen LogP contribution in [0.3, 0.4) is 0 Å². The van der Waals surface area contributed by atoms with Gasteiger partial charge < -0.3 is 0 Å². The zero-order valence-corrected chi connectivity index (χ0v) is 11.8. The zero-order chi connectivity index (χ0) is 15.1. The first-order valence-corrected chi connectivity index (χ1v) is 6.79. The molecular weight excluding hydrogens is 270 g/mol. The molecule has 0 atom stereocenters. The molecule has 0 bridgehead atoms. The van der Waals surface area contributed by atoms with E-state index in [4.69, 9.17) is 0 Å². The summed E-state index contributed by atoms with van der Waals surface area (Å²) in [5.41, 5.74) is 2.70. The Labute approximate surface area is 122 Å². The molecule has 0 spiro atoms. The molecule has 2 aromatic carbocycles. The van der Waals surface area contributed by atoms with Crippen molar-refractivity contribution in [2.75, 3.05) is 0 Å². The lowest BCUT2D eigenvalue weighted by Gasteiger charge is -1.98. The van der Waals surface area contributed by atoms with Crippen LogP contribution in [0, 0.1) is 11.6 Å². The van der Waals surface area contributed by atoms with Gasteiger partial charge in [-0.15, -0.1) is 0 Å². The Bertz CT molecular complexity index is 646. The summed E-state index contributed by atoms with van der Waals surface area (Å²) in [5.74, 6) is -1.77. The largest absolute Gasteiger partial charge is 0.204 e. The van der Waals surface area contributed by atoms with Gasteiger partial charge in [0, 0.05) is 0 Å². The minimum absolute atomic E-state index is 0.462. The van der Waals surface area contributed by atoms with Crippen LogP contribution in [0.25, 0.3) is 0 Å². The molecule has 2 nitrogen and oxygen atoms in total. The van der Waals surface area contributed by atoms with E-state index in [0.29, 0.717) is 5.56 Å². The summed E-state index contributed by atoms with van der Waals surface area (Å²) in [7, 11) is 0. The van der Waals surface area contributed by atoms with E-state index < -0.39 is 11.6 Å². The van der Waals surface area contributed by atoms with Gasteiger partial charge in [-0.1, -0.05) is 43.7 Å². The Balaban J connectivity index is 1.97. The van der Waals surface area contributed by atoms with Crippen LogP contribution in [0.4, 0.5) is 8.78 Å². The average Bonchev–Trinajstić information content (AvgIpc) is 2.49. The third-order valence-electron chi connectivity index (χ3n) is 2.94. The number of hydrogen-bond acceptors (Lipinski definition) is 2. The molecule has 2 aromatic rings. The first-order valence-electron chi connectivity index (χ1n) is 6.79. The Kier molecular flexibility index (Phi) is 5.32. The van der Waals surface area contributed by atoms with Crippen LogP contribution in [0.2, 0.25) is 0 Å². The second-order valence-electron chi connectivity index (χ2n) is 4.65. The molecular formula is C17H16F2N2. The summed E-state index contributed by atoms with van der Waals surface area (Å²) in [6.45, 7) is 2.14. The lowest BCUT2D eigenvalue weighted by Crippen LogP contribution is -1.87. The van der Waals surface area contributed by atoms with Crippen molar-refractivity contribution in [1.82, 2.24) is 0 Å². The minimum atomic E-state index is -0.894. The fraction of sp³-hybridized carbons (Fsp3) is 0.176. The Morgan fingerprint density at radius 1 is 0.857 bits per heavy atom. The molecule has 0 N–H and O–H groups in total. The first-order chi connectivity index (χ1) is 10.2. The number of rotatable bonds is 5. The number of hydrogen-bond donors (Lipinski definition) is 0. The molecule has 0 unspecified atom stereocenters. The molecule has 0 heterocycles.